The monoisotopic (exact) mass is 260 g/mol. The summed E-state index contributed by atoms with van der Waals surface area (Å²) in [6, 6.07) is 6.89. The second-order valence-corrected chi connectivity index (χ2v) is 5.51. The number of nitrogens with one attached hydrogen (secondary N) is 1. The summed E-state index contributed by atoms with van der Waals surface area (Å²) < 4.78 is 0. The van der Waals surface area contributed by atoms with Gasteiger partial charge >= 0.3 is 0 Å². The van der Waals surface area contributed by atoms with Crippen molar-refractivity contribution in [2.24, 2.45) is 11.1 Å². The van der Waals surface area contributed by atoms with E-state index in [0.29, 0.717) is 11.3 Å². The Bertz CT molecular complexity index is 513. The van der Waals surface area contributed by atoms with E-state index in [1.165, 1.54) is 6.92 Å². The Labute approximate surface area is 113 Å². The number of hydrogen-bond acceptors (Lipinski definition) is 3. The Morgan fingerprint density at radius 1 is 1.42 bits per heavy atom. The van der Waals surface area contributed by atoms with Gasteiger partial charge in [0, 0.05) is 17.3 Å². The van der Waals surface area contributed by atoms with Gasteiger partial charge < -0.3 is 11.1 Å². The van der Waals surface area contributed by atoms with Crippen molar-refractivity contribution in [3.8, 4) is 0 Å². The summed E-state index contributed by atoms with van der Waals surface area (Å²) in [6.45, 7) is 3.42. The van der Waals surface area contributed by atoms with E-state index in [-0.39, 0.29) is 17.7 Å². The van der Waals surface area contributed by atoms with Crippen LogP contribution in [0.5, 0.6) is 0 Å². The Balaban J connectivity index is 2.15. The first-order chi connectivity index (χ1) is 8.93. The van der Waals surface area contributed by atoms with Gasteiger partial charge in [-0.2, -0.15) is 0 Å². The van der Waals surface area contributed by atoms with Crippen LogP contribution in [-0.4, -0.2) is 17.7 Å². The van der Waals surface area contributed by atoms with Crippen molar-refractivity contribution in [3.63, 3.8) is 0 Å². The SMILES string of the molecule is CC(=O)c1cccc(NC(=O)C2(C)CCCC2N)c1. The molecule has 0 spiro atoms. The number of carbonyl (C=O) groups is 2. The first kappa shape index (κ1) is 13.7. The lowest BCUT2D eigenvalue weighted by Crippen LogP contribution is -2.44. The van der Waals surface area contributed by atoms with Gasteiger partial charge in [-0.05, 0) is 38.8 Å². The zero-order valence-corrected chi connectivity index (χ0v) is 11.4. The van der Waals surface area contributed by atoms with Crippen LogP contribution in [-0.2, 0) is 4.79 Å². The third-order valence-corrected chi connectivity index (χ3v) is 4.08. The average Bonchev–Trinajstić information content (AvgIpc) is 2.71. The van der Waals surface area contributed by atoms with Crippen LogP contribution in [0.1, 0.15) is 43.5 Å². The van der Waals surface area contributed by atoms with Gasteiger partial charge in [-0.1, -0.05) is 18.6 Å². The van der Waals surface area contributed by atoms with Crippen LogP contribution in [0.3, 0.4) is 0 Å². The summed E-state index contributed by atoms with van der Waals surface area (Å²) in [4.78, 5) is 23.7. The number of rotatable bonds is 3. The summed E-state index contributed by atoms with van der Waals surface area (Å²) in [6.07, 6.45) is 2.68. The molecule has 2 rings (SSSR count). The molecule has 2 unspecified atom stereocenters. The van der Waals surface area contributed by atoms with Crippen molar-refractivity contribution in [2.75, 3.05) is 5.32 Å². The molecule has 3 N–H and O–H groups in total. The number of anilines is 1. The van der Waals surface area contributed by atoms with Crippen molar-refractivity contribution < 1.29 is 9.59 Å². The van der Waals surface area contributed by atoms with Gasteiger partial charge in [-0.25, -0.2) is 0 Å². The van der Waals surface area contributed by atoms with Crippen LogP contribution in [0.2, 0.25) is 0 Å². The fraction of sp³-hybridized carbons (Fsp3) is 0.467. The summed E-state index contributed by atoms with van der Waals surface area (Å²) in [7, 11) is 0. The van der Waals surface area contributed by atoms with Crippen molar-refractivity contribution in [2.45, 2.75) is 39.2 Å². The molecule has 102 valence electrons. The van der Waals surface area contributed by atoms with Crippen LogP contribution in [0.4, 0.5) is 5.69 Å². The molecule has 0 radical (unpaired) electrons. The largest absolute Gasteiger partial charge is 0.327 e. The van der Waals surface area contributed by atoms with Gasteiger partial charge in [-0.3, -0.25) is 9.59 Å². The lowest BCUT2D eigenvalue weighted by molar-refractivity contribution is -0.125. The highest BCUT2D eigenvalue weighted by Gasteiger charge is 2.42. The molecule has 1 aliphatic rings. The molecule has 1 aromatic rings. The van der Waals surface area contributed by atoms with Crippen molar-refractivity contribution in [1.82, 2.24) is 0 Å². The highest BCUT2D eigenvalue weighted by atomic mass is 16.2. The minimum atomic E-state index is -0.508. The first-order valence-corrected chi connectivity index (χ1v) is 6.61. The molecule has 0 saturated heterocycles. The van der Waals surface area contributed by atoms with Gasteiger partial charge in [0.1, 0.15) is 0 Å². The van der Waals surface area contributed by atoms with Crippen LogP contribution < -0.4 is 11.1 Å². The Hall–Kier alpha value is -1.68. The minimum absolute atomic E-state index is 0.0140. The Morgan fingerprint density at radius 2 is 2.16 bits per heavy atom. The predicted octanol–water partition coefficient (Wildman–Crippen LogP) is 2.35. The smallest absolute Gasteiger partial charge is 0.231 e. The van der Waals surface area contributed by atoms with E-state index in [4.69, 9.17) is 5.73 Å². The van der Waals surface area contributed by atoms with Gasteiger partial charge in [0.2, 0.25) is 5.91 Å². The topological polar surface area (TPSA) is 72.2 Å². The second kappa shape index (κ2) is 5.13. The molecule has 1 saturated carbocycles. The lowest BCUT2D eigenvalue weighted by atomic mass is 9.84. The molecule has 0 bridgehead atoms. The van der Waals surface area contributed by atoms with E-state index in [1.54, 1.807) is 24.3 Å². The van der Waals surface area contributed by atoms with E-state index in [2.05, 4.69) is 5.32 Å². The first-order valence-electron chi connectivity index (χ1n) is 6.61. The molecule has 4 heteroatoms. The van der Waals surface area contributed by atoms with Crippen molar-refractivity contribution in [3.05, 3.63) is 29.8 Å². The van der Waals surface area contributed by atoms with E-state index in [9.17, 15) is 9.59 Å². The molecule has 0 heterocycles. The number of benzene rings is 1. The van der Waals surface area contributed by atoms with Gasteiger partial charge in [0.25, 0.3) is 0 Å². The Morgan fingerprint density at radius 3 is 2.74 bits per heavy atom. The van der Waals surface area contributed by atoms with Crippen molar-refractivity contribution in [1.29, 1.82) is 0 Å². The van der Waals surface area contributed by atoms with E-state index in [1.807, 2.05) is 6.92 Å². The normalized spacial score (nSPS) is 26.2. The number of Topliss-reactive ketones (excluding diaryl/α,β-unsaturated/α-hetero) is 1. The minimum Gasteiger partial charge on any atom is -0.327 e. The molecule has 0 aromatic heterocycles. The number of carbonyl (C=O) groups excluding carboxylic acids is 2. The van der Waals surface area contributed by atoms with Crippen molar-refractivity contribution >= 4 is 17.4 Å². The highest BCUT2D eigenvalue weighted by molar-refractivity contribution is 5.99. The summed E-state index contributed by atoms with van der Waals surface area (Å²) >= 11 is 0. The van der Waals surface area contributed by atoms with Crippen LogP contribution >= 0.6 is 0 Å². The van der Waals surface area contributed by atoms with E-state index < -0.39 is 5.41 Å². The lowest BCUT2D eigenvalue weighted by Gasteiger charge is -2.27. The fourth-order valence-electron chi connectivity index (χ4n) is 2.56. The van der Waals surface area contributed by atoms with E-state index >= 15 is 0 Å². The second-order valence-electron chi connectivity index (χ2n) is 5.51. The summed E-state index contributed by atoms with van der Waals surface area (Å²) in [5.74, 6) is -0.0712. The maximum absolute atomic E-state index is 12.4. The number of nitrogens with two attached hydrogens (primary N) is 1. The molecular formula is C15H20N2O2. The standard InChI is InChI=1S/C15H20N2O2/c1-10(18)11-5-3-6-12(9-11)17-14(19)15(2)8-4-7-13(15)16/h3,5-6,9,13H,4,7-8,16H2,1-2H3,(H,17,19). The molecule has 2 atom stereocenters. The highest BCUT2D eigenvalue weighted by Crippen LogP contribution is 2.37. The summed E-state index contributed by atoms with van der Waals surface area (Å²) in [5, 5.41) is 2.88. The van der Waals surface area contributed by atoms with Gasteiger partial charge in [0.05, 0.1) is 5.41 Å². The van der Waals surface area contributed by atoms with Gasteiger partial charge in [0.15, 0.2) is 5.78 Å². The fourth-order valence-corrected chi connectivity index (χ4v) is 2.56. The quantitative estimate of drug-likeness (QED) is 0.819. The molecule has 19 heavy (non-hydrogen) atoms. The number of amides is 1. The maximum Gasteiger partial charge on any atom is 0.231 e. The van der Waals surface area contributed by atoms with Crippen LogP contribution in [0.15, 0.2) is 24.3 Å². The third kappa shape index (κ3) is 2.68. The van der Waals surface area contributed by atoms with E-state index in [0.717, 1.165) is 19.3 Å². The zero-order chi connectivity index (χ0) is 14.0. The van der Waals surface area contributed by atoms with Gasteiger partial charge in [-0.15, -0.1) is 0 Å². The molecule has 1 aliphatic carbocycles. The van der Waals surface area contributed by atoms with Crippen LogP contribution in [0, 0.1) is 5.41 Å². The molecule has 1 fully saturated rings. The maximum atomic E-state index is 12.4. The average molecular weight is 260 g/mol. The molecule has 1 amide bonds. The Kier molecular flexibility index (Phi) is 3.71. The third-order valence-electron chi connectivity index (χ3n) is 4.08. The molecular weight excluding hydrogens is 240 g/mol. The number of ketones is 1. The zero-order valence-electron chi connectivity index (χ0n) is 11.4. The van der Waals surface area contributed by atoms with Crippen LogP contribution in [0.25, 0.3) is 0 Å². The molecule has 4 nitrogen and oxygen atoms in total. The summed E-state index contributed by atoms with van der Waals surface area (Å²) in [5.41, 5.74) is 6.77. The number of hydrogen-bond donors (Lipinski definition) is 2. The molecule has 1 aromatic carbocycles. The molecule has 0 aliphatic heterocycles. The predicted molar refractivity (Wildman–Crippen MR) is 75.0 cm³/mol.